The number of carbonyl (C=O) groups is 1. The Bertz CT molecular complexity index is 940. The number of carbonyl (C=O) groups excluding carboxylic acids is 1. The second kappa shape index (κ2) is 11.2. The lowest BCUT2D eigenvalue weighted by molar-refractivity contribution is -0.122. The van der Waals surface area contributed by atoms with E-state index in [0.29, 0.717) is 17.0 Å². The molecular formula is C24H30N4O2. The van der Waals surface area contributed by atoms with Crippen molar-refractivity contribution in [3.63, 3.8) is 0 Å². The molecule has 3 aromatic rings. The number of pyridine rings is 1. The number of nitrogens with one attached hydrogen (secondary N) is 1. The Morgan fingerprint density at radius 2 is 1.87 bits per heavy atom. The number of ether oxygens (including phenoxy) is 1. The fraction of sp³-hybridized carbons (Fsp3) is 0.333. The van der Waals surface area contributed by atoms with Crippen LogP contribution in [0.5, 0.6) is 5.75 Å². The van der Waals surface area contributed by atoms with Crippen LogP contribution in [0, 0.1) is 0 Å². The summed E-state index contributed by atoms with van der Waals surface area (Å²) < 4.78 is 5.40. The molecule has 1 fully saturated rings. The van der Waals surface area contributed by atoms with E-state index in [1.165, 1.54) is 44.5 Å². The van der Waals surface area contributed by atoms with E-state index in [-0.39, 0.29) is 12.5 Å². The van der Waals surface area contributed by atoms with Gasteiger partial charge in [-0.05, 0) is 62.2 Å². The molecule has 30 heavy (non-hydrogen) atoms. The summed E-state index contributed by atoms with van der Waals surface area (Å²) in [4.78, 5) is 17.9. The standard InChI is InChI=1S/C12H13N3O2.C12H17N/c1-14-11(16)7-17-10-5-4-9(13)8-3-2-6-15-12(8)10;1-2-6-12(7-3-1)8-11-13-9-4-5-10-13/h2-6H,7,13H2,1H3,(H,14,16);1-3,6-7H,4-5,8-11H2. The third-order valence-electron chi connectivity index (χ3n) is 5.16. The number of hydrogen-bond acceptors (Lipinski definition) is 5. The zero-order valence-electron chi connectivity index (χ0n) is 17.5. The molecule has 1 aliphatic heterocycles. The van der Waals surface area contributed by atoms with Crippen LogP contribution in [0.25, 0.3) is 10.9 Å². The molecule has 6 nitrogen and oxygen atoms in total. The maximum absolute atomic E-state index is 11.1. The molecule has 0 spiro atoms. The maximum atomic E-state index is 11.1. The van der Waals surface area contributed by atoms with Crippen LogP contribution in [-0.2, 0) is 11.2 Å². The minimum absolute atomic E-state index is 0.0356. The summed E-state index contributed by atoms with van der Waals surface area (Å²) in [5.74, 6) is 0.365. The smallest absolute Gasteiger partial charge is 0.257 e. The van der Waals surface area contributed by atoms with Gasteiger partial charge < -0.3 is 20.7 Å². The second-order valence-corrected chi connectivity index (χ2v) is 7.30. The summed E-state index contributed by atoms with van der Waals surface area (Å²) in [5.41, 5.74) is 8.60. The molecule has 1 aromatic heterocycles. The Morgan fingerprint density at radius 1 is 1.10 bits per heavy atom. The molecule has 2 heterocycles. The second-order valence-electron chi connectivity index (χ2n) is 7.30. The Kier molecular flexibility index (Phi) is 8.03. The fourth-order valence-corrected chi connectivity index (χ4v) is 3.44. The minimum Gasteiger partial charge on any atom is -0.481 e. The predicted octanol–water partition coefficient (Wildman–Crippen LogP) is 3.27. The molecule has 0 atom stereocenters. The first-order valence-electron chi connectivity index (χ1n) is 10.4. The minimum atomic E-state index is -0.189. The van der Waals surface area contributed by atoms with Crippen molar-refractivity contribution in [2.45, 2.75) is 19.3 Å². The van der Waals surface area contributed by atoms with E-state index in [1.807, 2.05) is 6.07 Å². The van der Waals surface area contributed by atoms with E-state index in [2.05, 4.69) is 45.5 Å². The maximum Gasteiger partial charge on any atom is 0.257 e. The van der Waals surface area contributed by atoms with Crippen LogP contribution in [0.4, 0.5) is 5.69 Å². The number of nitrogens with two attached hydrogens (primary N) is 1. The lowest BCUT2D eigenvalue weighted by Crippen LogP contribution is -2.24. The van der Waals surface area contributed by atoms with E-state index in [1.54, 1.807) is 31.4 Å². The zero-order chi connectivity index (χ0) is 21.2. The first kappa shape index (κ1) is 21.6. The summed E-state index contributed by atoms with van der Waals surface area (Å²) in [6, 6.07) is 17.9. The molecule has 4 rings (SSSR count). The Morgan fingerprint density at radius 3 is 2.60 bits per heavy atom. The number of likely N-dealkylation sites (tertiary alicyclic amines) is 1. The van der Waals surface area contributed by atoms with E-state index >= 15 is 0 Å². The summed E-state index contributed by atoms with van der Waals surface area (Å²) in [6.45, 7) is 3.83. The highest BCUT2D eigenvalue weighted by Gasteiger charge is 2.10. The van der Waals surface area contributed by atoms with Crippen LogP contribution < -0.4 is 15.8 Å². The molecule has 1 aliphatic rings. The van der Waals surface area contributed by atoms with Crippen LogP contribution in [0.15, 0.2) is 60.8 Å². The lowest BCUT2D eigenvalue weighted by atomic mass is 10.1. The first-order chi connectivity index (χ1) is 14.7. The quantitative estimate of drug-likeness (QED) is 0.614. The van der Waals surface area contributed by atoms with Crippen LogP contribution in [0.1, 0.15) is 18.4 Å². The van der Waals surface area contributed by atoms with Crippen LogP contribution in [0.3, 0.4) is 0 Å². The summed E-state index contributed by atoms with van der Waals surface area (Å²) in [5, 5.41) is 3.31. The average molecular weight is 407 g/mol. The molecule has 0 unspecified atom stereocenters. The molecule has 6 heteroatoms. The van der Waals surface area contributed by atoms with Crippen LogP contribution in [0.2, 0.25) is 0 Å². The first-order valence-corrected chi connectivity index (χ1v) is 10.4. The summed E-state index contributed by atoms with van der Waals surface area (Å²) >= 11 is 0. The van der Waals surface area contributed by atoms with E-state index in [4.69, 9.17) is 10.5 Å². The van der Waals surface area contributed by atoms with Crippen molar-refractivity contribution in [2.24, 2.45) is 0 Å². The van der Waals surface area contributed by atoms with Gasteiger partial charge in [-0.1, -0.05) is 30.3 Å². The predicted molar refractivity (Wildman–Crippen MR) is 122 cm³/mol. The molecule has 3 N–H and O–H groups in total. The highest BCUT2D eigenvalue weighted by molar-refractivity contribution is 5.94. The highest BCUT2D eigenvalue weighted by Crippen LogP contribution is 2.27. The molecule has 0 saturated carbocycles. The summed E-state index contributed by atoms with van der Waals surface area (Å²) in [7, 11) is 1.56. The Labute approximate surface area is 178 Å². The molecule has 1 amide bonds. The van der Waals surface area contributed by atoms with Crippen molar-refractivity contribution >= 4 is 22.5 Å². The zero-order valence-corrected chi connectivity index (χ0v) is 17.5. The van der Waals surface area contributed by atoms with Gasteiger partial charge in [0.1, 0.15) is 11.3 Å². The normalized spacial score (nSPS) is 13.5. The van der Waals surface area contributed by atoms with Crippen molar-refractivity contribution in [2.75, 3.05) is 39.0 Å². The largest absolute Gasteiger partial charge is 0.481 e. The molecular weight excluding hydrogens is 376 g/mol. The third kappa shape index (κ3) is 6.19. The van der Waals surface area contributed by atoms with Gasteiger partial charge in [0.25, 0.3) is 5.91 Å². The Hall–Kier alpha value is -3.12. The molecule has 1 saturated heterocycles. The van der Waals surface area contributed by atoms with Crippen molar-refractivity contribution in [3.05, 3.63) is 66.4 Å². The average Bonchev–Trinajstić information content (AvgIpc) is 3.32. The molecule has 158 valence electrons. The third-order valence-corrected chi connectivity index (χ3v) is 5.16. The summed E-state index contributed by atoms with van der Waals surface area (Å²) in [6.07, 6.45) is 5.67. The molecule has 2 aromatic carbocycles. The molecule has 0 aliphatic carbocycles. The van der Waals surface area contributed by atoms with Crippen molar-refractivity contribution in [1.82, 2.24) is 15.2 Å². The van der Waals surface area contributed by atoms with Gasteiger partial charge in [0.2, 0.25) is 0 Å². The van der Waals surface area contributed by atoms with Gasteiger partial charge >= 0.3 is 0 Å². The number of nitrogen functional groups attached to an aromatic ring is 1. The van der Waals surface area contributed by atoms with Gasteiger partial charge in [0.15, 0.2) is 6.61 Å². The number of benzene rings is 2. The number of anilines is 1. The van der Waals surface area contributed by atoms with E-state index < -0.39 is 0 Å². The molecule has 0 radical (unpaired) electrons. The van der Waals surface area contributed by atoms with Gasteiger partial charge in [-0.25, -0.2) is 0 Å². The number of fused-ring (bicyclic) bond motifs is 1. The van der Waals surface area contributed by atoms with Crippen molar-refractivity contribution in [1.29, 1.82) is 0 Å². The van der Waals surface area contributed by atoms with Crippen LogP contribution in [-0.4, -0.2) is 49.1 Å². The molecule has 0 bridgehead atoms. The van der Waals surface area contributed by atoms with E-state index in [0.717, 1.165) is 5.39 Å². The van der Waals surface area contributed by atoms with Gasteiger partial charge in [-0.3, -0.25) is 9.78 Å². The number of aromatic nitrogens is 1. The van der Waals surface area contributed by atoms with Gasteiger partial charge in [0.05, 0.1) is 0 Å². The van der Waals surface area contributed by atoms with Crippen LogP contribution >= 0.6 is 0 Å². The number of likely N-dealkylation sites (N-methyl/N-ethyl adjacent to an activating group) is 1. The number of hydrogen-bond donors (Lipinski definition) is 2. The van der Waals surface area contributed by atoms with Gasteiger partial charge in [-0.2, -0.15) is 0 Å². The van der Waals surface area contributed by atoms with Crippen molar-refractivity contribution < 1.29 is 9.53 Å². The monoisotopic (exact) mass is 406 g/mol. The van der Waals surface area contributed by atoms with Gasteiger partial charge in [-0.15, -0.1) is 0 Å². The number of nitrogens with zero attached hydrogens (tertiary/aromatic N) is 2. The SMILES string of the molecule is CNC(=O)COc1ccc(N)c2cccnc12.c1ccc(CCN2CCCC2)cc1. The Balaban J connectivity index is 0.000000177. The lowest BCUT2D eigenvalue weighted by Gasteiger charge is -2.13. The van der Waals surface area contributed by atoms with Gasteiger partial charge in [0, 0.05) is 30.9 Å². The highest BCUT2D eigenvalue weighted by atomic mass is 16.5. The number of rotatable bonds is 6. The van der Waals surface area contributed by atoms with Crippen molar-refractivity contribution in [3.8, 4) is 5.75 Å². The number of amides is 1. The van der Waals surface area contributed by atoms with E-state index in [9.17, 15) is 4.79 Å². The fourth-order valence-electron chi connectivity index (χ4n) is 3.44. The topological polar surface area (TPSA) is 80.5 Å².